The SMILES string of the molecule is CCn1ccnc1COc1c(F)cccc1C(=O)O. The number of rotatable bonds is 5. The van der Waals surface area contributed by atoms with Crippen LogP contribution >= 0.6 is 0 Å². The van der Waals surface area contributed by atoms with Gasteiger partial charge in [-0.05, 0) is 19.1 Å². The van der Waals surface area contributed by atoms with Crippen molar-refractivity contribution in [2.24, 2.45) is 0 Å². The van der Waals surface area contributed by atoms with Gasteiger partial charge in [0.1, 0.15) is 18.0 Å². The molecule has 0 amide bonds. The fourth-order valence-electron chi connectivity index (χ4n) is 1.73. The van der Waals surface area contributed by atoms with Gasteiger partial charge in [-0.15, -0.1) is 0 Å². The number of benzene rings is 1. The lowest BCUT2D eigenvalue weighted by atomic mass is 10.2. The quantitative estimate of drug-likeness (QED) is 0.900. The van der Waals surface area contributed by atoms with Gasteiger partial charge in [-0.25, -0.2) is 14.2 Å². The second-order valence-corrected chi connectivity index (χ2v) is 3.84. The van der Waals surface area contributed by atoms with Crippen LogP contribution in [0.1, 0.15) is 23.1 Å². The highest BCUT2D eigenvalue weighted by Crippen LogP contribution is 2.23. The first-order chi connectivity index (χ1) is 9.13. The van der Waals surface area contributed by atoms with Crippen LogP contribution in [0.4, 0.5) is 4.39 Å². The van der Waals surface area contributed by atoms with Crippen LogP contribution in [0.2, 0.25) is 0 Å². The summed E-state index contributed by atoms with van der Waals surface area (Å²) in [5, 5.41) is 8.98. The van der Waals surface area contributed by atoms with Gasteiger partial charge in [0.15, 0.2) is 11.6 Å². The fraction of sp³-hybridized carbons (Fsp3) is 0.231. The summed E-state index contributed by atoms with van der Waals surface area (Å²) < 4.78 is 20.7. The predicted molar refractivity (Wildman–Crippen MR) is 65.6 cm³/mol. The van der Waals surface area contributed by atoms with Crippen LogP contribution in [0.3, 0.4) is 0 Å². The molecule has 1 N–H and O–H groups in total. The van der Waals surface area contributed by atoms with Crippen LogP contribution in [-0.4, -0.2) is 20.6 Å². The Kier molecular flexibility index (Phi) is 3.79. The number of ether oxygens (including phenoxy) is 1. The van der Waals surface area contributed by atoms with E-state index in [1.54, 1.807) is 12.4 Å². The number of nitrogens with zero attached hydrogens (tertiary/aromatic N) is 2. The lowest BCUT2D eigenvalue weighted by molar-refractivity contribution is 0.0690. The summed E-state index contributed by atoms with van der Waals surface area (Å²) in [4.78, 5) is 15.1. The van der Waals surface area contributed by atoms with E-state index >= 15 is 0 Å². The third-order valence-electron chi connectivity index (χ3n) is 2.69. The molecule has 1 aromatic heterocycles. The standard InChI is InChI=1S/C13H13FN2O3/c1-2-16-7-6-15-11(16)8-19-12-9(13(17)18)4-3-5-10(12)14/h3-7H,2,8H2,1H3,(H,17,18). The van der Waals surface area contributed by atoms with Crippen LogP contribution in [0.5, 0.6) is 5.75 Å². The summed E-state index contributed by atoms with van der Waals surface area (Å²) in [6.07, 6.45) is 3.39. The van der Waals surface area contributed by atoms with Crippen LogP contribution in [-0.2, 0) is 13.2 Å². The maximum atomic E-state index is 13.6. The molecule has 0 radical (unpaired) electrons. The lowest BCUT2D eigenvalue weighted by Gasteiger charge is -2.10. The number of carboxylic acid groups (broad SMARTS) is 1. The van der Waals surface area contributed by atoms with E-state index in [4.69, 9.17) is 9.84 Å². The van der Waals surface area contributed by atoms with Crippen molar-refractivity contribution < 1.29 is 19.0 Å². The van der Waals surface area contributed by atoms with E-state index in [2.05, 4.69) is 4.98 Å². The molecule has 0 atom stereocenters. The molecule has 0 saturated heterocycles. The number of carboxylic acids is 1. The molecule has 0 spiro atoms. The third kappa shape index (κ3) is 2.73. The molecule has 2 rings (SSSR count). The minimum absolute atomic E-state index is 0.0159. The van der Waals surface area contributed by atoms with Crippen molar-refractivity contribution >= 4 is 5.97 Å². The van der Waals surface area contributed by atoms with E-state index in [1.807, 2.05) is 11.5 Å². The monoisotopic (exact) mass is 264 g/mol. The van der Waals surface area contributed by atoms with Gasteiger partial charge in [0, 0.05) is 18.9 Å². The zero-order chi connectivity index (χ0) is 13.8. The van der Waals surface area contributed by atoms with Gasteiger partial charge in [-0.3, -0.25) is 0 Å². The molecule has 0 saturated carbocycles. The Balaban J connectivity index is 2.22. The van der Waals surface area contributed by atoms with E-state index in [0.717, 1.165) is 6.07 Å². The minimum Gasteiger partial charge on any atom is -0.482 e. The molecule has 0 fully saturated rings. The number of aromatic nitrogens is 2. The Morgan fingerprint density at radius 3 is 3.00 bits per heavy atom. The predicted octanol–water partition coefficient (Wildman–Crippen LogP) is 2.32. The second kappa shape index (κ2) is 5.51. The zero-order valence-corrected chi connectivity index (χ0v) is 10.3. The van der Waals surface area contributed by atoms with E-state index < -0.39 is 11.8 Å². The smallest absolute Gasteiger partial charge is 0.339 e. The summed E-state index contributed by atoms with van der Waals surface area (Å²) in [6.45, 7) is 2.67. The zero-order valence-electron chi connectivity index (χ0n) is 10.3. The number of imidazole rings is 1. The molecular formula is C13H13FN2O3. The highest BCUT2D eigenvalue weighted by Gasteiger charge is 2.16. The van der Waals surface area contributed by atoms with E-state index in [9.17, 15) is 9.18 Å². The summed E-state index contributed by atoms with van der Waals surface area (Å²) in [5.74, 6) is -1.58. The van der Waals surface area contributed by atoms with Gasteiger partial charge in [0.2, 0.25) is 0 Å². The average Bonchev–Trinajstić information content (AvgIpc) is 2.84. The molecule has 5 nitrogen and oxygen atoms in total. The second-order valence-electron chi connectivity index (χ2n) is 3.84. The highest BCUT2D eigenvalue weighted by molar-refractivity contribution is 5.90. The Morgan fingerprint density at radius 1 is 1.53 bits per heavy atom. The number of hydrogen-bond donors (Lipinski definition) is 1. The van der Waals surface area contributed by atoms with E-state index in [0.29, 0.717) is 12.4 Å². The molecule has 0 aliphatic rings. The Labute approximate surface area is 109 Å². The molecule has 1 aromatic carbocycles. The van der Waals surface area contributed by atoms with Crippen molar-refractivity contribution in [3.05, 3.63) is 47.8 Å². The summed E-state index contributed by atoms with van der Waals surface area (Å²) >= 11 is 0. The number of para-hydroxylation sites is 1. The largest absolute Gasteiger partial charge is 0.482 e. The maximum absolute atomic E-state index is 13.6. The van der Waals surface area contributed by atoms with Crippen molar-refractivity contribution in [3.8, 4) is 5.75 Å². The van der Waals surface area contributed by atoms with Gasteiger partial charge >= 0.3 is 5.97 Å². The third-order valence-corrected chi connectivity index (χ3v) is 2.69. The maximum Gasteiger partial charge on any atom is 0.339 e. The van der Waals surface area contributed by atoms with Crippen LogP contribution in [0, 0.1) is 5.82 Å². The summed E-state index contributed by atoms with van der Waals surface area (Å²) in [5.41, 5.74) is -0.199. The molecule has 0 bridgehead atoms. The van der Waals surface area contributed by atoms with Crippen molar-refractivity contribution in [2.45, 2.75) is 20.1 Å². The number of halogens is 1. The molecule has 1 heterocycles. The normalized spacial score (nSPS) is 10.4. The van der Waals surface area contributed by atoms with Gasteiger partial charge in [0.25, 0.3) is 0 Å². The summed E-state index contributed by atoms with van der Waals surface area (Å²) in [7, 11) is 0. The number of hydrogen-bond acceptors (Lipinski definition) is 3. The first-order valence-electron chi connectivity index (χ1n) is 5.78. The van der Waals surface area contributed by atoms with E-state index in [1.165, 1.54) is 12.1 Å². The number of aryl methyl sites for hydroxylation is 1. The number of aromatic carboxylic acids is 1. The molecule has 100 valence electrons. The molecular weight excluding hydrogens is 251 g/mol. The van der Waals surface area contributed by atoms with E-state index in [-0.39, 0.29) is 17.9 Å². The van der Waals surface area contributed by atoms with Crippen molar-refractivity contribution in [1.29, 1.82) is 0 Å². The van der Waals surface area contributed by atoms with Crippen molar-refractivity contribution in [3.63, 3.8) is 0 Å². The lowest BCUT2D eigenvalue weighted by Crippen LogP contribution is -2.09. The molecule has 0 unspecified atom stereocenters. The first kappa shape index (κ1) is 13.1. The molecule has 19 heavy (non-hydrogen) atoms. The summed E-state index contributed by atoms with van der Waals surface area (Å²) in [6, 6.07) is 3.79. The van der Waals surface area contributed by atoms with Gasteiger partial charge in [0.05, 0.1) is 0 Å². The van der Waals surface area contributed by atoms with Crippen LogP contribution in [0.25, 0.3) is 0 Å². The molecule has 0 aliphatic carbocycles. The topological polar surface area (TPSA) is 64.4 Å². The molecule has 6 heteroatoms. The average molecular weight is 264 g/mol. The fourth-order valence-corrected chi connectivity index (χ4v) is 1.73. The van der Waals surface area contributed by atoms with Gasteiger partial charge in [-0.2, -0.15) is 0 Å². The molecule has 2 aromatic rings. The minimum atomic E-state index is -1.23. The van der Waals surface area contributed by atoms with Crippen LogP contribution in [0.15, 0.2) is 30.6 Å². The van der Waals surface area contributed by atoms with Gasteiger partial charge < -0.3 is 14.4 Å². The van der Waals surface area contributed by atoms with Crippen molar-refractivity contribution in [2.75, 3.05) is 0 Å². The molecule has 0 aliphatic heterocycles. The Hall–Kier alpha value is -2.37. The Morgan fingerprint density at radius 2 is 2.32 bits per heavy atom. The van der Waals surface area contributed by atoms with Crippen molar-refractivity contribution in [1.82, 2.24) is 9.55 Å². The number of carbonyl (C=O) groups is 1. The van der Waals surface area contributed by atoms with Crippen LogP contribution < -0.4 is 4.74 Å². The highest BCUT2D eigenvalue weighted by atomic mass is 19.1. The first-order valence-corrected chi connectivity index (χ1v) is 5.78. The Bertz CT molecular complexity index is 595. The van der Waals surface area contributed by atoms with Gasteiger partial charge in [-0.1, -0.05) is 6.07 Å².